The first-order valence-corrected chi connectivity index (χ1v) is 9.35. The minimum atomic E-state index is -0.533. The lowest BCUT2D eigenvalue weighted by atomic mass is 10.1. The van der Waals surface area contributed by atoms with Gasteiger partial charge < -0.3 is 14.7 Å². The van der Waals surface area contributed by atoms with Gasteiger partial charge >= 0.3 is 5.82 Å². The van der Waals surface area contributed by atoms with Crippen LogP contribution in [0.25, 0.3) is 33.6 Å². The number of carbonyl (C=O) groups excluding carboxylic acids is 1. The maximum Gasteiger partial charge on any atom is 0.348 e. The van der Waals surface area contributed by atoms with Crippen LogP contribution in [0.4, 0.5) is 5.82 Å². The van der Waals surface area contributed by atoms with E-state index in [1.807, 2.05) is 30.3 Å². The van der Waals surface area contributed by atoms with Gasteiger partial charge in [-0.25, -0.2) is 4.98 Å². The zero-order chi connectivity index (χ0) is 20.7. The fourth-order valence-electron chi connectivity index (χ4n) is 3.84. The summed E-state index contributed by atoms with van der Waals surface area (Å²) < 4.78 is 3.54. The van der Waals surface area contributed by atoms with E-state index >= 15 is 0 Å². The summed E-state index contributed by atoms with van der Waals surface area (Å²) >= 11 is 0. The van der Waals surface area contributed by atoms with Crippen LogP contribution in [0.5, 0.6) is 0 Å². The molecule has 7 nitrogen and oxygen atoms in total. The standard InChI is InChI=1S/C22H20N4O3/c1-4-24-19-8-6-5-7-17(19)18-11-16(9-10-20(18)24)12-21(14(2)27)25-15(3)23-13-22(25)26(28)29/h5-13H,4H2,1-3H3/b21-12+. The van der Waals surface area contributed by atoms with Gasteiger partial charge in [0.25, 0.3) is 0 Å². The van der Waals surface area contributed by atoms with Crippen LogP contribution in [0.3, 0.4) is 0 Å². The molecule has 0 amide bonds. The van der Waals surface area contributed by atoms with E-state index in [2.05, 4.69) is 28.6 Å². The molecule has 2 aromatic carbocycles. The number of allylic oxidation sites excluding steroid dienone is 1. The summed E-state index contributed by atoms with van der Waals surface area (Å²) in [5, 5.41) is 13.6. The SMILES string of the molecule is CCn1c2ccccc2c2cc(/C=C(\C(C)=O)n3c([N+](=O)[O-])cnc3C)ccc21. The highest BCUT2D eigenvalue weighted by Gasteiger charge is 2.24. The lowest BCUT2D eigenvalue weighted by Crippen LogP contribution is -2.10. The molecule has 0 N–H and O–H groups in total. The molecule has 2 heterocycles. The van der Waals surface area contributed by atoms with Crippen molar-refractivity contribution in [2.45, 2.75) is 27.3 Å². The van der Waals surface area contributed by atoms with Crippen LogP contribution in [0.2, 0.25) is 0 Å². The maximum atomic E-state index is 12.4. The van der Waals surface area contributed by atoms with E-state index in [-0.39, 0.29) is 17.3 Å². The number of ketones is 1. The topological polar surface area (TPSA) is 83.0 Å². The van der Waals surface area contributed by atoms with Gasteiger partial charge in [-0.15, -0.1) is 0 Å². The summed E-state index contributed by atoms with van der Waals surface area (Å²) in [4.78, 5) is 27.2. The summed E-state index contributed by atoms with van der Waals surface area (Å²) in [6.45, 7) is 5.99. The average molecular weight is 388 g/mol. The largest absolute Gasteiger partial charge is 0.358 e. The number of Topliss-reactive ketones (excluding diaryl/α,β-unsaturated/α-hetero) is 1. The number of fused-ring (bicyclic) bond motifs is 3. The van der Waals surface area contributed by atoms with E-state index in [9.17, 15) is 14.9 Å². The second kappa shape index (κ2) is 7.01. The van der Waals surface area contributed by atoms with Crippen LogP contribution >= 0.6 is 0 Å². The molecule has 146 valence electrons. The third-order valence-corrected chi connectivity index (χ3v) is 5.12. The van der Waals surface area contributed by atoms with Crippen LogP contribution in [0.1, 0.15) is 25.2 Å². The first kappa shape index (κ1) is 18.6. The zero-order valence-electron chi connectivity index (χ0n) is 16.4. The van der Waals surface area contributed by atoms with Crippen LogP contribution in [-0.4, -0.2) is 24.8 Å². The van der Waals surface area contributed by atoms with Crippen LogP contribution in [0.15, 0.2) is 48.7 Å². The van der Waals surface area contributed by atoms with Gasteiger partial charge in [0.1, 0.15) is 6.20 Å². The normalized spacial score (nSPS) is 12.0. The Balaban J connectivity index is 1.95. The Labute approximate surface area is 167 Å². The van der Waals surface area contributed by atoms with E-state index in [4.69, 9.17) is 0 Å². The van der Waals surface area contributed by atoms with Crippen molar-refractivity contribution in [3.63, 3.8) is 0 Å². The highest BCUT2D eigenvalue weighted by atomic mass is 16.6. The molecule has 0 bridgehead atoms. The predicted molar refractivity (Wildman–Crippen MR) is 114 cm³/mol. The number of nitro groups is 1. The van der Waals surface area contributed by atoms with Crippen molar-refractivity contribution in [2.24, 2.45) is 0 Å². The Hall–Kier alpha value is -3.74. The van der Waals surface area contributed by atoms with Gasteiger partial charge in [-0.3, -0.25) is 4.79 Å². The van der Waals surface area contributed by atoms with Crippen molar-refractivity contribution in [2.75, 3.05) is 0 Å². The summed E-state index contributed by atoms with van der Waals surface area (Å²) in [6, 6.07) is 14.2. The van der Waals surface area contributed by atoms with E-state index in [0.717, 1.165) is 33.9 Å². The molecule has 0 aliphatic rings. The number of imidazole rings is 1. The van der Waals surface area contributed by atoms with Crippen molar-refractivity contribution in [1.29, 1.82) is 0 Å². The molecule has 0 spiro atoms. The molecule has 4 aromatic rings. The van der Waals surface area contributed by atoms with Gasteiger partial charge in [0.05, 0.1) is 0 Å². The monoisotopic (exact) mass is 388 g/mol. The Kier molecular flexibility index (Phi) is 4.50. The van der Waals surface area contributed by atoms with Gasteiger partial charge in [-0.2, -0.15) is 4.57 Å². The minimum Gasteiger partial charge on any atom is -0.358 e. The molecular formula is C22H20N4O3. The highest BCUT2D eigenvalue weighted by molar-refractivity contribution is 6.19. The Morgan fingerprint density at radius 3 is 2.59 bits per heavy atom. The molecule has 0 radical (unpaired) electrons. The van der Waals surface area contributed by atoms with Gasteiger partial charge in [0, 0.05) is 42.2 Å². The van der Waals surface area contributed by atoms with E-state index in [1.165, 1.54) is 17.7 Å². The number of rotatable bonds is 5. The number of carbonyl (C=O) groups is 1. The highest BCUT2D eigenvalue weighted by Crippen LogP contribution is 2.31. The summed E-state index contributed by atoms with van der Waals surface area (Å²) in [6.07, 6.45) is 2.85. The molecule has 2 aromatic heterocycles. The second-order valence-electron chi connectivity index (χ2n) is 6.88. The first-order valence-electron chi connectivity index (χ1n) is 9.35. The molecule has 0 aliphatic heterocycles. The number of aryl methyl sites for hydroxylation is 2. The Morgan fingerprint density at radius 1 is 1.17 bits per heavy atom. The number of aromatic nitrogens is 3. The molecule has 0 fully saturated rings. The van der Waals surface area contributed by atoms with Crippen LogP contribution < -0.4 is 0 Å². The molecule has 0 unspecified atom stereocenters. The van der Waals surface area contributed by atoms with Crippen molar-refractivity contribution in [3.8, 4) is 0 Å². The number of benzene rings is 2. The number of hydrogen-bond donors (Lipinski definition) is 0. The van der Waals surface area contributed by atoms with E-state index < -0.39 is 4.92 Å². The third kappa shape index (κ3) is 3.00. The van der Waals surface area contributed by atoms with Gasteiger partial charge in [0.2, 0.25) is 0 Å². The average Bonchev–Trinajstić information content (AvgIpc) is 3.23. The summed E-state index contributed by atoms with van der Waals surface area (Å²) in [7, 11) is 0. The molecule has 0 saturated carbocycles. The maximum absolute atomic E-state index is 12.4. The summed E-state index contributed by atoms with van der Waals surface area (Å²) in [5.41, 5.74) is 3.27. The lowest BCUT2D eigenvalue weighted by Gasteiger charge is -2.06. The number of hydrogen-bond acceptors (Lipinski definition) is 4. The molecule has 0 atom stereocenters. The number of para-hydroxylation sites is 1. The first-order chi connectivity index (χ1) is 13.9. The predicted octanol–water partition coefficient (Wildman–Crippen LogP) is 4.81. The van der Waals surface area contributed by atoms with Crippen molar-refractivity contribution in [3.05, 3.63) is 70.2 Å². The van der Waals surface area contributed by atoms with Crippen molar-refractivity contribution < 1.29 is 9.72 Å². The summed E-state index contributed by atoms with van der Waals surface area (Å²) in [5.74, 6) is -0.111. The van der Waals surface area contributed by atoms with Gasteiger partial charge in [0.15, 0.2) is 17.3 Å². The van der Waals surface area contributed by atoms with Crippen molar-refractivity contribution in [1.82, 2.24) is 14.1 Å². The zero-order valence-corrected chi connectivity index (χ0v) is 16.4. The number of nitrogens with zero attached hydrogens (tertiary/aromatic N) is 4. The molecular weight excluding hydrogens is 368 g/mol. The molecule has 0 aliphatic carbocycles. The van der Waals surface area contributed by atoms with E-state index in [1.54, 1.807) is 13.0 Å². The Morgan fingerprint density at radius 2 is 1.90 bits per heavy atom. The fraction of sp³-hybridized carbons (Fsp3) is 0.182. The van der Waals surface area contributed by atoms with Gasteiger partial charge in [-0.05, 0) is 41.7 Å². The lowest BCUT2D eigenvalue weighted by molar-refractivity contribution is -0.390. The van der Waals surface area contributed by atoms with Crippen LogP contribution in [-0.2, 0) is 11.3 Å². The molecule has 29 heavy (non-hydrogen) atoms. The minimum absolute atomic E-state index is 0.213. The van der Waals surface area contributed by atoms with Gasteiger partial charge in [-0.1, -0.05) is 24.3 Å². The fourth-order valence-corrected chi connectivity index (χ4v) is 3.84. The third-order valence-electron chi connectivity index (χ3n) is 5.12. The van der Waals surface area contributed by atoms with E-state index in [0.29, 0.717) is 5.82 Å². The molecule has 7 heteroatoms. The van der Waals surface area contributed by atoms with Crippen molar-refractivity contribution >= 4 is 45.2 Å². The van der Waals surface area contributed by atoms with Crippen LogP contribution in [0, 0.1) is 17.0 Å². The second-order valence-corrected chi connectivity index (χ2v) is 6.88. The Bertz CT molecular complexity index is 1310. The molecule has 4 rings (SSSR count). The smallest absolute Gasteiger partial charge is 0.348 e. The quantitative estimate of drug-likeness (QED) is 0.279. The molecule has 0 saturated heterocycles.